The molecule has 0 saturated carbocycles. The quantitative estimate of drug-likeness (QED) is 0.895. The molecule has 1 fully saturated rings. The Morgan fingerprint density at radius 1 is 1.33 bits per heavy atom. The fourth-order valence-electron chi connectivity index (χ4n) is 2.86. The van der Waals surface area contributed by atoms with Crippen LogP contribution in [-0.4, -0.2) is 57.2 Å². The summed E-state index contributed by atoms with van der Waals surface area (Å²) < 4.78 is 12.8. The minimum atomic E-state index is -0.649. The minimum Gasteiger partial charge on any atom is -0.486 e. The van der Waals surface area contributed by atoms with Gasteiger partial charge in [0.25, 0.3) is 5.91 Å². The van der Waals surface area contributed by atoms with Crippen molar-refractivity contribution in [1.29, 1.82) is 0 Å². The molecule has 3 heterocycles. The summed E-state index contributed by atoms with van der Waals surface area (Å²) in [6.07, 6.45) is 1.07. The predicted octanol–water partition coefficient (Wildman–Crippen LogP) is 0.800. The van der Waals surface area contributed by atoms with Crippen molar-refractivity contribution in [3.63, 3.8) is 0 Å². The van der Waals surface area contributed by atoms with Gasteiger partial charge in [-0.3, -0.25) is 4.79 Å². The van der Waals surface area contributed by atoms with E-state index in [0.717, 1.165) is 0 Å². The van der Waals surface area contributed by atoms with Crippen molar-refractivity contribution in [3.05, 3.63) is 35.7 Å². The van der Waals surface area contributed by atoms with Crippen LogP contribution in [0.2, 0.25) is 0 Å². The largest absolute Gasteiger partial charge is 0.486 e. The molecular formula is C16H18N4O4. The molecule has 1 aromatic heterocycles. The zero-order chi connectivity index (χ0) is 16.7. The van der Waals surface area contributed by atoms with Crippen LogP contribution < -0.4 is 9.47 Å². The first-order chi connectivity index (χ1) is 11.6. The monoisotopic (exact) mass is 330 g/mol. The SMILES string of the molecule is CC(O)c1cn(C2CN(C(=O)c3cccc4c3OCCO4)C2)nn1. The molecule has 1 amide bonds. The maximum absolute atomic E-state index is 12.7. The minimum absolute atomic E-state index is 0.0747. The van der Waals surface area contributed by atoms with Crippen LogP contribution in [0.3, 0.4) is 0 Å². The van der Waals surface area contributed by atoms with Crippen LogP contribution in [0.4, 0.5) is 0 Å². The van der Waals surface area contributed by atoms with Crippen molar-refractivity contribution in [2.75, 3.05) is 26.3 Å². The molecule has 4 rings (SSSR count). The number of aliphatic hydroxyl groups is 1. The van der Waals surface area contributed by atoms with E-state index in [1.165, 1.54) is 0 Å². The lowest BCUT2D eigenvalue weighted by atomic mass is 10.1. The molecule has 126 valence electrons. The van der Waals surface area contributed by atoms with E-state index in [1.54, 1.807) is 40.9 Å². The molecule has 1 unspecified atom stereocenters. The van der Waals surface area contributed by atoms with Crippen molar-refractivity contribution in [3.8, 4) is 11.5 Å². The molecule has 1 N–H and O–H groups in total. The van der Waals surface area contributed by atoms with Crippen LogP contribution in [0.5, 0.6) is 11.5 Å². The molecule has 0 radical (unpaired) electrons. The highest BCUT2D eigenvalue weighted by molar-refractivity contribution is 5.98. The molecule has 2 aliphatic rings. The van der Waals surface area contributed by atoms with Gasteiger partial charge in [0.2, 0.25) is 0 Å². The number of rotatable bonds is 3. The summed E-state index contributed by atoms with van der Waals surface area (Å²) in [5.41, 5.74) is 1.05. The number of ether oxygens (including phenoxy) is 2. The number of aromatic nitrogens is 3. The Balaban J connectivity index is 1.46. The van der Waals surface area contributed by atoms with Gasteiger partial charge in [0.1, 0.15) is 18.9 Å². The standard InChI is InChI=1S/C16H18N4O4/c1-10(21)13-9-20(18-17-13)11-7-19(8-11)16(22)12-3-2-4-14-15(12)24-6-5-23-14/h2-4,9-11,21H,5-8H2,1H3. The summed E-state index contributed by atoms with van der Waals surface area (Å²) in [7, 11) is 0. The number of nitrogens with zero attached hydrogens (tertiary/aromatic N) is 4. The summed E-state index contributed by atoms with van der Waals surface area (Å²) >= 11 is 0. The maximum atomic E-state index is 12.7. The number of para-hydroxylation sites is 1. The second-order valence-corrected chi connectivity index (χ2v) is 5.99. The van der Waals surface area contributed by atoms with E-state index in [2.05, 4.69) is 10.3 Å². The summed E-state index contributed by atoms with van der Waals surface area (Å²) in [6.45, 7) is 3.68. The van der Waals surface area contributed by atoms with Crippen LogP contribution in [0, 0.1) is 0 Å². The molecule has 24 heavy (non-hydrogen) atoms. The molecule has 1 saturated heterocycles. The number of amides is 1. The van der Waals surface area contributed by atoms with Crippen molar-refractivity contribution in [1.82, 2.24) is 19.9 Å². The highest BCUT2D eigenvalue weighted by Gasteiger charge is 2.35. The Morgan fingerprint density at radius 2 is 2.12 bits per heavy atom. The van der Waals surface area contributed by atoms with Crippen LogP contribution >= 0.6 is 0 Å². The van der Waals surface area contributed by atoms with Crippen molar-refractivity contribution >= 4 is 5.91 Å². The van der Waals surface area contributed by atoms with E-state index in [9.17, 15) is 9.90 Å². The Hall–Kier alpha value is -2.61. The van der Waals surface area contributed by atoms with E-state index in [4.69, 9.17) is 9.47 Å². The van der Waals surface area contributed by atoms with Gasteiger partial charge < -0.3 is 19.5 Å². The highest BCUT2D eigenvalue weighted by Crippen LogP contribution is 2.35. The number of likely N-dealkylation sites (tertiary alicyclic amines) is 1. The van der Waals surface area contributed by atoms with Gasteiger partial charge in [0, 0.05) is 13.1 Å². The number of hydrogen-bond acceptors (Lipinski definition) is 6. The van der Waals surface area contributed by atoms with Crippen molar-refractivity contribution < 1.29 is 19.4 Å². The topological polar surface area (TPSA) is 89.7 Å². The van der Waals surface area contributed by atoms with Crippen molar-refractivity contribution in [2.24, 2.45) is 0 Å². The van der Waals surface area contributed by atoms with Gasteiger partial charge in [-0.15, -0.1) is 5.10 Å². The smallest absolute Gasteiger partial charge is 0.257 e. The zero-order valence-corrected chi connectivity index (χ0v) is 13.3. The normalized spacial score (nSPS) is 18.2. The number of carbonyl (C=O) groups is 1. The second-order valence-electron chi connectivity index (χ2n) is 5.99. The first-order valence-electron chi connectivity index (χ1n) is 7.91. The lowest BCUT2D eigenvalue weighted by Crippen LogP contribution is -2.51. The van der Waals surface area contributed by atoms with E-state index in [0.29, 0.717) is 49.1 Å². The van der Waals surface area contributed by atoms with Gasteiger partial charge >= 0.3 is 0 Å². The predicted molar refractivity (Wildman–Crippen MR) is 83.0 cm³/mol. The first-order valence-corrected chi connectivity index (χ1v) is 7.91. The van der Waals surface area contributed by atoms with E-state index >= 15 is 0 Å². The second kappa shape index (κ2) is 5.79. The Bertz CT molecular complexity index is 767. The summed E-state index contributed by atoms with van der Waals surface area (Å²) in [5, 5.41) is 17.5. The number of aliphatic hydroxyl groups excluding tert-OH is 1. The van der Waals surface area contributed by atoms with Gasteiger partial charge in [0.05, 0.1) is 23.9 Å². The van der Waals surface area contributed by atoms with Crippen molar-refractivity contribution in [2.45, 2.75) is 19.1 Å². The average molecular weight is 330 g/mol. The Morgan fingerprint density at radius 3 is 2.88 bits per heavy atom. The molecule has 1 atom stereocenters. The van der Waals surface area contributed by atoms with Gasteiger partial charge in [-0.1, -0.05) is 11.3 Å². The Kier molecular flexibility index (Phi) is 3.61. The third-order valence-electron chi connectivity index (χ3n) is 4.28. The summed E-state index contributed by atoms with van der Waals surface area (Å²) in [4.78, 5) is 14.4. The Labute approximate surface area is 138 Å². The van der Waals surface area contributed by atoms with Gasteiger partial charge in [-0.2, -0.15) is 0 Å². The zero-order valence-electron chi connectivity index (χ0n) is 13.3. The number of benzene rings is 1. The van der Waals surface area contributed by atoms with Crippen LogP contribution in [0.15, 0.2) is 24.4 Å². The lowest BCUT2D eigenvalue weighted by Gasteiger charge is -2.39. The molecule has 8 heteroatoms. The fourth-order valence-corrected chi connectivity index (χ4v) is 2.86. The number of carbonyl (C=O) groups excluding carboxylic acids is 1. The molecule has 0 bridgehead atoms. The number of fused-ring (bicyclic) bond motifs is 1. The molecule has 0 spiro atoms. The summed E-state index contributed by atoms with van der Waals surface area (Å²) in [6, 6.07) is 5.43. The van der Waals surface area contributed by atoms with Crippen LogP contribution in [0.25, 0.3) is 0 Å². The van der Waals surface area contributed by atoms with E-state index in [-0.39, 0.29) is 11.9 Å². The summed E-state index contributed by atoms with van der Waals surface area (Å²) in [5.74, 6) is 1.06. The molecule has 2 aromatic rings. The molecule has 1 aromatic carbocycles. The molecule has 8 nitrogen and oxygen atoms in total. The van der Waals surface area contributed by atoms with Gasteiger partial charge in [-0.05, 0) is 19.1 Å². The highest BCUT2D eigenvalue weighted by atomic mass is 16.6. The van der Waals surface area contributed by atoms with Gasteiger partial charge in [0.15, 0.2) is 11.5 Å². The third-order valence-corrected chi connectivity index (χ3v) is 4.28. The van der Waals surface area contributed by atoms with E-state index < -0.39 is 6.10 Å². The molecule has 2 aliphatic heterocycles. The molecule has 0 aliphatic carbocycles. The maximum Gasteiger partial charge on any atom is 0.257 e. The third kappa shape index (κ3) is 2.48. The van der Waals surface area contributed by atoms with Crippen LogP contribution in [0.1, 0.15) is 35.1 Å². The first kappa shape index (κ1) is 14.9. The number of hydrogen-bond donors (Lipinski definition) is 1. The fraction of sp³-hybridized carbons (Fsp3) is 0.438. The average Bonchev–Trinajstić information content (AvgIpc) is 3.02. The van der Waals surface area contributed by atoms with Gasteiger partial charge in [-0.25, -0.2) is 4.68 Å². The molecular weight excluding hydrogens is 312 g/mol. The van der Waals surface area contributed by atoms with E-state index in [1.807, 2.05) is 0 Å². The van der Waals surface area contributed by atoms with Crippen LogP contribution in [-0.2, 0) is 0 Å². The lowest BCUT2D eigenvalue weighted by molar-refractivity contribution is 0.0489.